The Kier molecular flexibility index (Phi) is 3.59. The normalized spacial score (nSPS) is 12.2. The molecule has 0 radical (unpaired) electrons. The van der Waals surface area contributed by atoms with Crippen molar-refractivity contribution in [3.63, 3.8) is 0 Å². The number of carbonyl (C=O) groups is 1. The summed E-state index contributed by atoms with van der Waals surface area (Å²) < 4.78 is 12.6. The first kappa shape index (κ1) is 11.4. The summed E-state index contributed by atoms with van der Waals surface area (Å²) in [6.45, 7) is 0. The minimum Gasteiger partial charge on any atom is -0.507 e. The molecule has 6 heteroatoms. The molecule has 4 N–H and O–H groups in total. The van der Waals surface area contributed by atoms with E-state index < -0.39 is 30.0 Å². The minimum atomic E-state index is -1.29. The molecule has 1 atom stereocenters. The smallest absolute Gasteiger partial charge is 0.246 e. The number of aromatic hydroxyl groups is 1. The number of nitrogens with one attached hydrogen (secondary N) is 1. The summed E-state index contributed by atoms with van der Waals surface area (Å²) in [7, 11) is 0. The van der Waals surface area contributed by atoms with Crippen LogP contribution < -0.4 is 5.48 Å². The quantitative estimate of drug-likeness (QED) is 0.435. The van der Waals surface area contributed by atoms with Crippen molar-refractivity contribution in [2.75, 3.05) is 0 Å². The van der Waals surface area contributed by atoms with Gasteiger partial charge in [-0.25, -0.2) is 9.87 Å². The van der Waals surface area contributed by atoms with Gasteiger partial charge in [-0.3, -0.25) is 10.0 Å². The van der Waals surface area contributed by atoms with Crippen molar-refractivity contribution in [1.82, 2.24) is 5.48 Å². The van der Waals surface area contributed by atoms with Crippen molar-refractivity contribution in [3.05, 3.63) is 29.6 Å². The van der Waals surface area contributed by atoms with E-state index in [0.717, 1.165) is 12.1 Å². The lowest BCUT2D eigenvalue weighted by Crippen LogP contribution is -2.21. The van der Waals surface area contributed by atoms with Gasteiger partial charge in [-0.05, 0) is 12.1 Å². The maximum atomic E-state index is 12.6. The van der Waals surface area contributed by atoms with E-state index in [9.17, 15) is 19.4 Å². The molecule has 0 aliphatic heterocycles. The molecular weight excluding hydrogens is 205 g/mol. The van der Waals surface area contributed by atoms with Crippen molar-refractivity contribution >= 4 is 5.91 Å². The average Bonchev–Trinajstić information content (AvgIpc) is 2.17. The molecule has 1 aromatic rings. The Labute approximate surface area is 84.7 Å². The molecule has 0 aliphatic carbocycles. The Morgan fingerprint density at radius 1 is 1.53 bits per heavy atom. The maximum absolute atomic E-state index is 12.6. The SMILES string of the molecule is O=C(CC(O)c1ccc(F)cc1O)NO. The van der Waals surface area contributed by atoms with Crippen LogP contribution in [0, 0.1) is 5.82 Å². The van der Waals surface area contributed by atoms with E-state index in [-0.39, 0.29) is 5.56 Å². The lowest BCUT2D eigenvalue weighted by molar-refractivity contribution is -0.131. The Morgan fingerprint density at radius 3 is 2.73 bits per heavy atom. The zero-order valence-corrected chi connectivity index (χ0v) is 7.64. The van der Waals surface area contributed by atoms with Crippen LogP contribution in [0.1, 0.15) is 18.1 Å². The number of hydroxylamine groups is 1. The maximum Gasteiger partial charge on any atom is 0.246 e. The largest absolute Gasteiger partial charge is 0.507 e. The molecule has 0 saturated heterocycles. The third-order valence-electron chi connectivity index (χ3n) is 1.85. The highest BCUT2D eigenvalue weighted by atomic mass is 19.1. The van der Waals surface area contributed by atoms with E-state index in [4.69, 9.17) is 5.21 Å². The van der Waals surface area contributed by atoms with Gasteiger partial charge in [-0.1, -0.05) is 0 Å². The number of aliphatic hydroxyl groups is 1. The number of halogens is 1. The molecule has 0 aromatic heterocycles. The number of carbonyl (C=O) groups excluding carboxylic acids is 1. The van der Waals surface area contributed by atoms with Crippen LogP contribution >= 0.6 is 0 Å². The van der Waals surface area contributed by atoms with Crippen LogP contribution in [0.15, 0.2) is 18.2 Å². The van der Waals surface area contributed by atoms with Crippen LogP contribution in [-0.2, 0) is 4.79 Å². The van der Waals surface area contributed by atoms with E-state index in [2.05, 4.69) is 0 Å². The van der Waals surface area contributed by atoms with Crippen molar-refractivity contribution in [2.45, 2.75) is 12.5 Å². The molecule has 1 amide bonds. The molecule has 5 nitrogen and oxygen atoms in total. The molecule has 82 valence electrons. The third-order valence-corrected chi connectivity index (χ3v) is 1.85. The number of phenols is 1. The van der Waals surface area contributed by atoms with Gasteiger partial charge >= 0.3 is 0 Å². The van der Waals surface area contributed by atoms with Crippen LogP contribution in [0.5, 0.6) is 5.75 Å². The molecule has 0 bridgehead atoms. The van der Waals surface area contributed by atoms with Gasteiger partial charge in [0, 0.05) is 11.6 Å². The monoisotopic (exact) mass is 215 g/mol. The van der Waals surface area contributed by atoms with Gasteiger partial charge in [-0.2, -0.15) is 0 Å². The Bertz CT molecular complexity index is 369. The van der Waals surface area contributed by atoms with Crippen LogP contribution in [0.2, 0.25) is 0 Å². The fraction of sp³-hybridized carbons (Fsp3) is 0.222. The lowest BCUT2D eigenvalue weighted by atomic mass is 10.1. The second-order valence-corrected chi connectivity index (χ2v) is 2.96. The molecule has 0 fully saturated rings. The van der Waals surface area contributed by atoms with Crippen molar-refractivity contribution < 1.29 is 24.6 Å². The Morgan fingerprint density at radius 2 is 2.20 bits per heavy atom. The van der Waals surface area contributed by atoms with Gasteiger partial charge < -0.3 is 10.2 Å². The Balaban J connectivity index is 2.82. The molecule has 1 rings (SSSR count). The van der Waals surface area contributed by atoms with E-state index in [1.807, 2.05) is 0 Å². The van der Waals surface area contributed by atoms with E-state index in [0.29, 0.717) is 0 Å². The van der Waals surface area contributed by atoms with E-state index >= 15 is 0 Å². The zero-order valence-electron chi connectivity index (χ0n) is 7.64. The highest BCUT2D eigenvalue weighted by molar-refractivity contribution is 5.75. The summed E-state index contributed by atoms with van der Waals surface area (Å²) in [6.07, 6.45) is -1.71. The summed E-state index contributed by atoms with van der Waals surface area (Å²) in [5, 5.41) is 26.9. The molecule has 0 saturated carbocycles. The topological polar surface area (TPSA) is 89.8 Å². The van der Waals surface area contributed by atoms with Gasteiger partial charge in [0.2, 0.25) is 5.91 Å². The summed E-state index contributed by atoms with van der Waals surface area (Å²) in [5.74, 6) is -1.88. The first-order valence-corrected chi connectivity index (χ1v) is 4.14. The number of rotatable bonds is 3. The summed E-state index contributed by atoms with van der Waals surface area (Å²) >= 11 is 0. The lowest BCUT2D eigenvalue weighted by Gasteiger charge is -2.11. The third kappa shape index (κ3) is 2.90. The summed E-state index contributed by atoms with van der Waals surface area (Å²) in [6, 6.07) is 3.05. The summed E-state index contributed by atoms with van der Waals surface area (Å²) in [5.41, 5.74) is 1.37. The number of amides is 1. The molecule has 0 aliphatic rings. The molecule has 15 heavy (non-hydrogen) atoms. The van der Waals surface area contributed by atoms with Crippen molar-refractivity contribution in [2.24, 2.45) is 0 Å². The van der Waals surface area contributed by atoms with Gasteiger partial charge in [0.1, 0.15) is 11.6 Å². The highest BCUT2D eigenvalue weighted by Gasteiger charge is 2.16. The number of hydrogen-bond donors (Lipinski definition) is 4. The number of hydrogen-bond acceptors (Lipinski definition) is 4. The zero-order chi connectivity index (χ0) is 11.4. The molecule has 0 heterocycles. The van der Waals surface area contributed by atoms with Crippen LogP contribution in [0.3, 0.4) is 0 Å². The minimum absolute atomic E-state index is 0.0278. The second kappa shape index (κ2) is 4.72. The van der Waals surface area contributed by atoms with Gasteiger partial charge in [0.15, 0.2) is 0 Å². The highest BCUT2D eigenvalue weighted by Crippen LogP contribution is 2.26. The standard InChI is InChI=1S/C9H10FNO4/c10-5-1-2-6(7(12)3-5)8(13)4-9(14)11-15/h1-3,8,12-13,15H,4H2,(H,11,14). The Hall–Kier alpha value is -1.66. The predicted molar refractivity (Wildman–Crippen MR) is 47.6 cm³/mol. The fourth-order valence-electron chi connectivity index (χ4n) is 1.13. The van der Waals surface area contributed by atoms with Gasteiger partial charge in [-0.15, -0.1) is 0 Å². The fourth-order valence-corrected chi connectivity index (χ4v) is 1.13. The first-order valence-electron chi connectivity index (χ1n) is 4.14. The number of phenolic OH excluding ortho intramolecular Hbond substituents is 1. The van der Waals surface area contributed by atoms with E-state index in [1.54, 1.807) is 0 Å². The first-order chi connectivity index (χ1) is 7.04. The second-order valence-electron chi connectivity index (χ2n) is 2.96. The van der Waals surface area contributed by atoms with Gasteiger partial charge in [0.05, 0.1) is 12.5 Å². The molecular formula is C9H10FNO4. The van der Waals surface area contributed by atoms with Crippen molar-refractivity contribution in [3.8, 4) is 5.75 Å². The molecule has 1 aromatic carbocycles. The molecule has 1 unspecified atom stereocenters. The number of benzene rings is 1. The van der Waals surface area contributed by atoms with Gasteiger partial charge in [0.25, 0.3) is 0 Å². The van der Waals surface area contributed by atoms with Crippen LogP contribution in [-0.4, -0.2) is 21.3 Å². The van der Waals surface area contributed by atoms with E-state index in [1.165, 1.54) is 11.5 Å². The summed E-state index contributed by atoms with van der Waals surface area (Å²) in [4.78, 5) is 10.7. The van der Waals surface area contributed by atoms with Crippen molar-refractivity contribution in [1.29, 1.82) is 0 Å². The number of aliphatic hydroxyl groups excluding tert-OH is 1. The molecule has 0 spiro atoms. The van der Waals surface area contributed by atoms with Crippen LogP contribution in [0.25, 0.3) is 0 Å². The van der Waals surface area contributed by atoms with Crippen LogP contribution in [0.4, 0.5) is 4.39 Å². The average molecular weight is 215 g/mol. The predicted octanol–water partition coefficient (Wildman–Crippen LogP) is 0.460.